The summed E-state index contributed by atoms with van der Waals surface area (Å²) in [5.74, 6) is 1.65. The molecule has 0 fully saturated rings. The average molecular weight is 411 g/mol. The molecule has 130 valence electrons. The maximum Gasteiger partial charge on any atom is 0.175 e. The summed E-state index contributed by atoms with van der Waals surface area (Å²) in [6.45, 7) is 3.10. The molecule has 0 radical (unpaired) electrons. The van der Waals surface area contributed by atoms with Crippen LogP contribution in [0.5, 0.6) is 11.5 Å². The predicted molar refractivity (Wildman–Crippen MR) is 102 cm³/mol. The van der Waals surface area contributed by atoms with E-state index in [4.69, 9.17) is 9.47 Å². The van der Waals surface area contributed by atoms with Crippen LogP contribution in [0.4, 0.5) is 0 Å². The molecule has 6 heteroatoms. The zero-order valence-electron chi connectivity index (χ0n) is 14.0. The Balaban J connectivity index is 1.64. The van der Waals surface area contributed by atoms with E-state index < -0.39 is 0 Å². The maximum absolute atomic E-state index is 5.80. The van der Waals surface area contributed by atoms with Gasteiger partial charge < -0.3 is 19.7 Å². The minimum atomic E-state index is 0.375. The van der Waals surface area contributed by atoms with E-state index in [9.17, 15) is 0 Å². The highest BCUT2D eigenvalue weighted by atomic mass is 79.9. The van der Waals surface area contributed by atoms with Crippen molar-refractivity contribution in [2.75, 3.05) is 33.9 Å². The third-order valence-corrected chi connectivity index (χ3v) is 5.37. The van der Waals surface area contributed by atoms with Gasteiger partial charge in [-0.05, 0) is 70.1 Å². The zero-order chi connectivity index (χ0) is 16.9. The first-order valence-corrected chi connectivity index (χ1v) is 9.86. The molecule has 1 aromatic carbocycles. The fraction of sp³-hybridized carbons (Fsp3) is 0.444. The van der Waals surface area contributed by atoms with Gasteiger partial charge in [-0.25, -0.2) is 0 Å². The molecule has 4 nitrogen and oxygen atoms in total. The Bertz CT molecular complexity index is 661. The van der Waals surface area contributed by atoms with E-state index in [0.29, 0.717) is 19.3 Å². The van der Waals surface area contributed by atoms with E-state index in [1.54, 1.807) is 11.3 Å². The van der Waals surface area contributed by atoms with E-state index in [-0.39, 0.29) is 0 Å². The molecule has 1 atom stereocenters. The molecule has 1 aromatic heterocycles. The highest BCUT2D eigenvalue weighted by Crippen LogP contribution is 2.38. The number of likely N-dealkylation sites (N-methyl/N-ethyl adjacent to an activating group) is 1. The number of ether oxygens (including phenoxy) is 2. The molecule has 1 aliphatic heterocycles. The van der Waals surface area contributed by atoms with Gasteiger partial charge in [0.1, 0.15) is 0 Å². The van der Waals surface area contributed by atoms with Crippen molar-refractivity contribution in [3.8, 4) is 11.5 Å². The van der Waals surface area contributed by atoms with Crippen LogP contribution in [0, 0.1) is 0 Å². The van der Waals surface area contributed by atoms with Gasteiger partial charge in [0.05, 0.1) is 17.7 Å². The van der Waals surface area contributed by atoms with E-state index in [1.807, 2.05) is 0 Å². The predicted octanol–water partition coefficient (Wildman–Crippen LogP) is 4.06. The first-order valence-electron chi connectivity index (χ1n) is 8.12. The van der Waals surface area contributed by atoms with Crippen molar-refractivity contribution in [3.63, 3.8) is 0 Å². The van der Waals surface area contributed by atoms with Crippen LogP contribution in [0.15, 0.2) is 33.4 Å². The first-order chi connectivity index (χ1) is 11.6. The second-order valence-electron chi connectivity index (χ2n) is 6.12. The Kier molecular flexibility index (Phi) is 6.16. The van der Waals surface area contributed by atoms with Crippen molar-refractivity contribution in [2.45, 2.75) is 19.0 Å². The molecule has 24 heavy (non-hydrogen) atoms. The number of hydrogen-bond acceptors (Lipinski definition) is 5. The fourth-order valence-corrected chi connectivity index (χ4v) is 4.11. The third kappa shape index (κ3) is 4.30. The molecule has 2 aromatic rings. The number of benzene rings is 1. The Hall–Kier alpha value is -1.08. The van der Waals surface area contributed by atoms with Crippen molar-refractivity contribution in [3.05, 3.63) is 44.6 Å². The van der Waals surface area contributed by atoms with Crippen molar-refractivity contribution in [1.29, 1.82) is 0 Å². The van der Waals surface area contributed by atoms with Crippen LogP contribution in [-0.2, 0) is 6.54 Å². The smallest absolute Gasteiger partial charge is 0.175 e. The summed E-state index contributed by atoms with van der Waals surface area (Å²) in [6.07, 6.45) is 0.917. The molecular formula is C18H23BrN2O2S. The lowest BCUT2D eigenvalue weighted by Crippen LogP contribution is -2.30. The molecule has 0 spiro atoms. The van der Waals surface area contributed by atoms with Crippen molar-refractivity contribution in [1.82, 2.24) is 10.2 Å². The Morgan fingerprint density at radius 3 is 2.88 bits per heavy atom. The molecule has 2 heterocycles. The van der Waals surface area contributed by atoms with Crippen molar-refractivity contribution >= 4 is 27.3 Å². The van der Waals surface area contributed by atoms with Gasteiger partial charge in [0, 0.05) is 25.6 Å². The number of rotatable bonds is 6. The van der Waals surface area contributed by atoms with E-state index in [1.165, 1.54) is 11.1 Å². The minimum absolute atomic E-state index is 0.375. The van der Waals surface area contributed by atoms with Gasteiger partial charge in [0.25, 0.3) is 0 Å². The largest absolute Gasteiger partial charge is 0.490 e. The normalized spacial score (nSPS) is 15.3. The number of hydrogen-bond donors (Lipinski definition) is 1. The number of nitrogens with one attached hydrogen (secondary N) is 1. The molecule has 0 bridgehead atoms. The summed E-state index contributed by atoms with van der Waals surface area (Å²) in [5, 5.41) is 7.92. The van der Waals surface area contributed by atoms with Crippen LogP contribution in [0.2, 0.25) is 0 Å². The molecule has 1 aliphatic rings. The lowest BCUT2D eigenvalue weighted by Gasteiger charge is -2.24. The van der Waals surface area contributed by atoms with Gasteiger partial charge in [-0.15, -0.1) is 0 Å². The van der Waals surface area contributed by atoms with E-state index >= 15 is 0 Å². The Morgan fingerprint density at radius 1 is 1.29 bits per heavy atom. The third-order valence-electron chi connectivity index (χ3n) is 4.08. The first kappa shape index (κ1) is 17.7. The van der Waals surface area contributed by atoms with Crippen LogP contribution >= 0.6 is 27.3 Å². The van der Waals surface area contributed by atoms with Crippen molar-refractivity contribution < 1.29 is 9.47 Å². The molecule has 0 aliphatic carbocycles. The van der Waals surface area contributed by atoms with E-state index in [2.05, 4.69) is 69.2 Å². The highest BCUT2D eigenvalue weighted by molar-refractivity contribution is 9.10. The monoisotopic (exact) mass is 410 g/mol. The van der Waals surface area contributed by atoms with Gasteiger partial charge in [-0.2, -0.15) is 11.3 Å². The van der Waals surface area contributed by atoms with Gasteiger partial charge in [0.15, 0.2) is 11.5 Å². The van der Waals surface area contributed by atoms with Gasteiger partial charge in [-0.3, -0.25) is 0 Å². The standard InChI is InChI=1S/C18H23BrN2O2S/c1-21(2)16(14-4-7-24-12-14)11-20-10-13-8-15(19)18-17(9-13)22-5-3-6-23-18/h4,7-9,12,16,20H,3,5-6,10-11H2,1-2H3/t16-/m1/s1. The molecule has 1 N–H and O–H groups in total. The highest BCUT2D eigenvalue weighted by Gasteiger charge is 2.17. The minimum Gasteiger partial charge on any atom is -0.490 e. The van der Waals surface area contributed by atoms with Crippen LogP contribution in [-0.4, -0.2) is 38.8 Å². The maximum atomic E-state index is 5.80. The second-order valence-corrected chi connectivity index (χ2v) is 7.76. The van der Waals surface area contributed by atoms with E-state index in [0.717, 1.165) is 35.5 Å². The Morgan fingerprint density at radius 2 is 2.12 bits per heavy atom. The molecule has 0 saturated carbocycles. The van der Waals surface area contributed by atoms with Crippen molar-refractivity contribution in [2.24, 2.45) is 0 Å². The molecule has 0 saturated heterocycles. The second kappa shape index (κ2) is 8.34. The number of fused-ring (bicyclic) bond motifs is 1. The lowest BCUT2D eigenvalue weighted by atomic mass is 10.1. The quantitative estimate of drug-likeness (QED) is 0.777. The van der Waals surface area contributed by atoms with Crippen LogP contribution in [0.1, 0.15) is 23.6 Å². The van der Waals surface area contributed by atoms with Gasteiger partial charge >= 0.3 is 0 Å². The topological polar surface area (TPSA) is 33.7 Å². The fourth-order valence-electron chi connectivity index (χ4n) is 2.80. The van der Waals surface area contributed by atoms with Crippen LogP contribution < -0.4 is 14.8 Å². The molecule has 3 rings (SSSR count). The van der Waals surface area contributed by atoms with Crippen LogP contribution in [0.25, 0.3) is 0 Å². The SMILES string of the molecule is CN(C)[C@H](CNCc1cc(Br)c2c(c1)OCCCO2)c1ccsc1. The van der Waals surface area contributed by atoms with Gasteiger partial charge in [0.2, 0.25) is 0 Å². The summed E-state index contributed by atoms with van der Waals surface area (Å²) in [5.41, 5.74) is 2.55. The zero-order valence-corrected chi connectivity index (χ0v) is 16.5. The summed E-state index contributed by atoms with van der Waals surface area (Å²) in [6, 6.07) is 6.75. The average Bonchev–Trinajstić information content (AvgIpc) is 2.96. The number of thiophene rings is 1. The number of halogens is 1. The van der Waals surface area contributed by atoms with Gasteiger partial charge in [-0.1, -0.05) is 0 Å². The summed E-state index contributed by atoms with van der Waals surface area (Å²) < 4.78 is 12.5. The molecule has 0 unspecified atom stereocenters. The summed E-state index contributed by atoms with van der Waals surface area (Å²) in [7, 11) is 4.24. The van der Waals surface area contributed by atoms with Crippen LogP contribution in [0.3, 0.4) is 0 Å². The lowest BCUT2D eigenvalue weighted by molar-refractivity contribution is 0.288. The summed E-state index contributed by atoms with van der Waals surface area (Å²) >= 11 is 5.35. The Labute approximate surface area is 155 Å². The summed E-state index contributed by atoms with van der Waals surface area (Å²) in [4.78, 5) is 2.25. The molecular weight excluding hydrogens is 388 g/mol. The molecule has 0 amide bonds. The number of nitrogens with zero attached hydrogens (tertiary/aromatic N) is 1.